The molecule has 20 heavy (non-hydrogen) atoms. The number of nitrogens with zero attached hydrogens (tertiary/aromatic N) is 1. The number of hydrogen-bond donors (Lipinski definition) is 1. The quantitative estimate of drug-likeness (QED) is 0.891. The molecule has 2 nitrogen and oxygen atoms in total. The summed E-state index contributed by atoms with van der Waals surface area (Å²) in [6.07, 6.45) is 2.24. The van der Waals surface area contributed by atoms with Crippen LogP contribution in [0.3, 0.4) is 0 Å². The molecule has 0 saturated carbocycles. The van der Waals surface area contributed by atoms with Crippen LogP contribution in [0.2, 0.25) is 0 Å². The second kappa shape index (κ2) is 6.54. The van der Waals surface area contributed by atoms with E-state index in [0.717, 1.165) is 38.0 Å². The van der Waals surface area contributed by atoms with Crippen LogP contribution >= 0.6 is 15.9 Å². The van der Waals surface area contributed by atoms with Gasteiger partial charge in [-0.3, -0.25) is 4.90 Å². The monoisotopic (exact) mass is 342 g/mol. The van der Waals surface area contributed by atoms with E-state index in [1.807, 2.05) is 6.07 Å². The van der Waals surface area contributed by atoms with Gasteiger partial charge < -0.3 is 5.32 Å². The summed E-state index contributed by atoms with van der Waals surface area (Å²) >= 11 is 3.37. The van der Waals surface area contributed by atoms with Crippen molar-refractivity contribution in [3.8, 4) is 0 Å². The van der Waals surface area contributed by atoms with E-state index in [-0.39, 0.29) is 11.4 Å². The van der Waals surface area contributed by atoms with Gasteiger partial charge in [0.25, 0.3) is 0 Å². The van der Waals surface area contributed by atoms with Crippen LogP contribution in [-0.4, -0.2) is 29.6 Å². The number of piperazine rings is 1. The molecule has 1 aromatic carbocycles. The van der Waals surface area contributed by atoms with Crippen LogP contribution in [0.25, 0.3) is 0 Å². The zero-order valence-corrected chi connectivity index (χ0v) is 14.1. The standard InChI is InChI=1S/C16H24BrFN2/c1-4-16(5-2)11-20(12(3)9-19-16)10-13-7-6-8-14(18)15(13)17/h6-8,12,19H,4-5,9-11H2,1-3H3. The summed E-state index contributed by atoms with van der Waals surface area (Å²) < 4.78 is 14.2. The van der Waals surface area contributed by atoms with Crippen LogP contribution in [0.5, 0.6) is 0 Å². The average molecular weight is 343 g/mol. The van der Waals surface area contributed by atoms with Gasteiger partial charge in [-0.2, -0.15) is 0 Å². The topological polar surface area (TPSA) is 15.3 Å². The fourth-order valence-electron chi connectivity index (χ4n) is 2.92. The number of nitrogens with one attached hydrogen (secondary N) is 1. The maximum Gasteiger partial charge on any atom is 0.137 e. The van der Waals surface area contributed by atoms with Crippen LogP contribution in [0, 0.1) is 5.82 Å². The molecule has 0 radical (unpaired) electrons. The third-order valence-electron chi connectivity index (χ3n) is 4.66. The number of benzene rings is 1. The van der Waals surface area contributed by atoms with Crippen molar-refractivity contribution in [1.29, 1.82) is 0 Å². The van der Waals surface area contributed by atoms with Crippen molar-refractivity contribution in [1.82, 2.24) is 10.2 Å². The molecule has 1 atom stereocenters. The second-order valence-corrected chi connectivity index (χ2v) is 6.63. The Morgan fingerprint density at radius 2 is 2.10 bits per heavy atom. The lowest BCUT2D eigenvalue weighted by atomic mass is 9.88. The van der Waals surface area contributed by atoms with Gasteiger partial charge in [0, 0.05) is 31.2 Å². The molecule has 1 heterocycles. The van der Waals surface area contributed by atoms with Crippen molar-refractivity contribution >= 4 is 15.9 Å². The number of halogens is 2. The van der Waals surface area contributed by atoms with Crippen LogP contribution < -0.4 is 5.32 Å². The molecular weight excluding hydrogens is 319 g/mol. The molecule has 1 aliphatic rings. The lowest BCUT2D eigenvalue weighted by Gasteiger charge is -2.46. The second-order valence-electron chi connectivity index (χ2n) is 5.84. The lowest BCUT2D eigenvalue weighted by molar-refractivity contribution is 0.0743. The Bertz CT molecular complexity index is 460. The highest BCUT2D eigenvalue weighted by atomic mass is 79.9. The molecule has 0 spiro atoms. The van der Waals surface area contributed by atoms with Gasteiger partial charge in [-0.1, -0.05) is 26.0 Å². The van der Waals surface area contributed by atoms with Crippen LogP contribution in [-0.2, 0) is 6.54 Å². The van der Waals surface area contributed by atoms with Gasteiger partial charge in [0.1, 0.15) is 5.82 Å². The van der Waals surface area contributed by atoms with Crippen LogP contribution in [0.1, 0.15) is 39.2 Å². The highest BCUT2D eigenvalue weighted by Gasteiger charge is 2.35. The Kier molecular flexibility index (Phi) is 5.21. The van der Waals surface area contributed by atoms with Gasteiger partial charge in [0.15, 0.2) is 0 Å². The smallest absolute Gasteiger partial charge is 0.137 e. The summed E-state index contributed by atoms with van der Waals surface area (Å²) in [5.74, 6) is -0.178. The first-order valence-corrected chi connectivity index (χ1v) is 8.22. The number of rotatable bonds is 4. The molecule has 112 valence electrons. The Morgan fingerprint density at radius 3 is 2.75 bits per heavy atom. The summed E-state index contributed by atoms with van der Waals surface area (Å²) in [6.45, 7) is 9.52. The first-order chi connectivity index (χ1) is 9.51. The Hall–Kier alpha value is -0.450. The first kappa shape index (κ1) is 15.9. The minimum absolute atomic E-state index is 0.178. The van der Waals surface area contributed by atoms with E-state index in [1.54, 1.807) is 6.07 Å². The minimum atomic E-state index is -0.178. The largest absolute Gasteiger partial charge is 0.308 e. The van der Waals surface area contributed by atoms with Gasteiger partial charge in [-0.25, -0.2) is 4.39 Å². The maximum absolute atomic E-state index is 13.6. The van der Waals surface area contributed by atoms with Crippen molar-refractivity contribution in [2.24, 2.45) is 0 Å². The normalized spacial score (nSPS) is 22.9. The van der Waals surface area contributed by atoms with E-state index < -0.39 is 0 Å². The van der Waals surface area contributed by atoms with Crippen molar-refractivity contribution in [2.75, 3.05) is 13.1 Å². The van der Waals surface area contributed by atoms with E-state index in [0.29, 0.717) is 10.5 Å². The average Bonchev–Trinajstić information content (AvgIpc) is 2.46. The maximum atomic E-state index is 13.6. The van der Waals surface area contributed by atoms with E-state index in [9.17, 15) is 4.39 Å². The Labute approximate surface area is 129 Å². The van der Waals surface area contributed by atoms with E-state index in [2.05, 4.69) is 46.9 Å². The third kappa shape index (κ3) is 3.23. The molecule has 0 amide bonds. The molecular formula is C16H24BrFN2. The summed E-state index contributed by atoms with van der Waals surface area (Å²) in [5, 5.41) is 3.70. The fourth-order valence-corrected chi connectivity index (χ4v) is 3.31. The van der Waals surface area contributed by atoms with Crippen molar-refractivity contribution in [3.05, 3.63) is 34.1 Å². The molecule has 0 aliphatic carbocycles. The predicted octanol–water partition coefficient (Wildman–Crippen LogP) is 3.94. The molecule has 1 unspecified atom stereocenters. The molecule has 1 saturated heterocycles. The molecule has 1 N–H and O–H groups in total. The zero-order chi connectivity index (χ0) is 14.8. The van der Waals surface area contributed by atoms with Gasteiger partial charge in [-0.15, -0.1) is 0 Å². The molecule has 1 aliphatic heterocycles. The lowest BCUT2D eigenvalue weighted by Crippen LogP contribution is -2.62. The summed E-state index contributed by atoms with van der Waals surface area (Å²) in [7, 11) is 0. The summed E-state index contributed by atoms with van der Waals surface area (Å²) in [4.78, 5) is 2.46. The van der Waals surface area contributed by atoms with E-state index in [4.69, 9.17) is 0 Å². The zero-order valence-electron chi connectivity index (χ0n) is 12.5. The first-order valence-electron chi connectivity index (χ1n) is 7.43. The van der Waals surface area contributed by atoms with Gasteiger partial charge >= 0.3 is 0 Å². The minimum Gasteiger partial charge on any atom is -0.308 e. The van der Waals surface area contributed by atoms with Gasteiger partial charge in [0.05, 0.1) is 4.47 Å². The van der Waals surface area contributed by atoms with E-state index in [1.165, 1.54) is 6.07 Å². The summed E-state index contributed by atoms with van der Waals surface area (Å²) in [6, 6.07) is 5.75. The summed E-state index contributed by atoms with van der Waals surface area (Å²) in [5.41, 5.74) is 1.23. The van der Waals surface area contributed by atoms with Crippen molar-refractivity contribution < 1.29 is 4.39 Å². The predicted molar refractivity (Wildman–Crippen MR) is 85.3 cm³/mol. The van der Waals surface area contributed by atoms with Crippen molar-refractivity contribution in [2.45, 2.75) is 51.7 Å². The number of hydrogen-bond acceptors (Lipinski definition) is 2. The molecule has 4 heteroatoms. The van der Waals surface area contributed by atoms with E-state index >= 15 is 0 Å². The molecule has 2 rings (SSSR count). The SMILES string of the molecule is CCC1(CC)CN(Cc2cccc(F)c2Br)C(C)CN1. The molecule has 1 fully saturated rings. The van der Waals surface area contributed by atoms with Gasteiger partial charge in [-0.05, 0) is 47.3 Å². The Balaban J connectivity index is 2.16. The fraction of sp³-hybridized carbons (Fsp3) is 0.625. The molecule has 1 aromatic rings. The van der Waals surface area contributed by atoms with Crippen molar-refractivity contribution in [3.63, 3.8) is 0 Å². The highest BCUT2D eigenvalue weighted by Crippen LogP contribution is 2.27. The molecule has 0 aromatic heterocycles. The molecule has 0 bridgehead atoms. The highest BCUT2D eigenvalue weighted by molar-refractivity contribution is 9.10. The van der Waals surface area contributed by atoms with Crippen LogP contribution in [0.15, 0.2) is 22.7 Å². The van der Waals surface area contributed by atoms with Crippen LogP contribution in [0.4, 0.5) is 4.39 Å². The Morgan fingerprint density at radius 1 is 1.40 bits per heavy atom. The van der Waals surface area contributed by atoms with Gasteiger partial charge in [0.2, 0.25) is 0 Å². The third-order valence-corrected chi connectivity index (χ3v) is 5.55.